The predicted molar refractivity (Wildman–Crippen MR) is 271 cm³/mol. The number of aryl methyl sites for hydroxylation is 3. The molecule has 0 saturated heterocycles. The van der Waals surface area contributed by atoms with Crippen LogP contribution in [0.2, 0.25) is 0 Å². The number of nitrogens with zero attached hydrogens (tertiary/aromatic N) is 2. The Labute approximate surface area is 378 Å². The van der Waals surface area contributed by atoms with Crippen LogP contribution in [-0.4, -0.2) is 19.9 Å². The first kappa shape index (κ1) is 38.4. The molecular formula is C56H47BN2O2S2. The molecule has 0 spiro atoms. The number of hydrogen-bond donors (Lipinski definition) is 0. The number of ether oxygens (including phenoxy) is 2. The highest BCUT2D eigenvalue weighted by Crippen LogP contribution is 2.52. The van der Waals surface area contributed by atoms with Gasteiger partial charge in [0, 0.05) is 48.3 Å². The Morgan fingerprint density at radius 3 is 1.87 bits per heavy atom. The van der Waals surface area contributed by atoms with E-state index >= 15 is 0 Å². The summed E-state index contributed by atoms with van der Waals surface area (Å²) in [5, 5.41) is 2.56. The van der Waals surface area contributed by atoms with Gasteiger partial charge in [-0.15, -0.1) is 22.7 Å². The minimum atomic E-state index is -0.0538. The van der Waals surface area contributed by atoms with Crippen LogP contribution >= 0.6 is 22.7 Å². The van der Waals surface area contributed by atoms with Gasteiger partial charge in [-0.1, -0.05) is 99.6 Å². The van der Waals surface area contributed by atoms with Crippen molar-refractivity contribution in [1.29, 1.82) is 0 Å². The Kier molecular flexibility index (Phi) is 8.77. The van der Waals surface area contributed by atoms with Crippen LogP contribution in [0.5, 0.6) is 11.5 Å². The number of anilines is 6. The normalized spacial score (nSPS) is 14.2. The molecule has 5 heterocycles. The molecule has 3 aliphatic rings. The lowest BCUT2D eigenvalue weighted by Crippen LogP contribution is -2.61. The molecule has 4 nitrogen and oxygen atoms in total. The standard InChI is InChI=1S/C56H47BN2O2S2/c1-33-25-45-52-46(26-33)59(53-34(2)27-40(28-35(53)3)56(4,5)6)54-43(21-22-47-55(54)61-24-12-23-60-47)57(52)42-20-19-39(51-32-38-14-8-10-18-49(38)63-51)30-44(42)58(45)41-16-11-15-36(29-41)50-31-37-13-7-9-17-48(37)62-50/h7-11,13-22,25-32H,12,23-24H2,1-6H3. The Balaban J connectivity index is 1.15. The van der Waals surface area contributed by atoms with E-state index < -0.39 is 0 Å². The highest BCUT2D eigenvalue weighted by molar-refractivity contribution is 7.22. The molecule has 0 fully saturated rings. The summed E-state index contributed by atoms with van der Waals surface area (Å²) in [6.45, 7) is 14.9. The lowest BCUT2D eigenvalue weighted by molar-refractivity contribution is 0.297. The molecule has 0 amide bonds. The van der Waals surface area contributed by atoms with Crippen LogP contribution in [0.4, 0.5) is 34.1 Å². The number of fused-ring (bicyclic) bond motifs is 8. The first-order valence-corrected chi connectivity index (χ1v) is 23.7. The average Bonchev–Trinajstić information content (AvgIpc) is 3.84. The molecule has 308 valence electrons. The first-order valence-electron chi connectivity index (χ1n) is 22.1. The molecule has 7 heteroatoms. The lowest BCUT2D eigenvalue weighted by Gasteiger charge is -2.45. The van der Waals surface area contributed by atoms with Crippen molar-refractivity contribution >= 4 is 100 Å². The van der Waals surface area contributed by atoms with Gasteiger partial charge < -0.3 is 19.3 Å². The SMILES string of the molecule is Cc1cc2c3c(c1)N(c1c(C)cc(C(C)(C)C)cc1C)c1c(ccc4c1OCCCO4)B3c1ccc(-c3cc4ccccc4s3)cc1N2c1cccc(-c2cc3ccccc3s2)c1. The zero-order valence-corrected chi connectivity index (χ0v) is 38.1. The van der Waals surface area contributed by atoms with Crippen LogP contribution in [0.15, 0.2) is 140 Å². The fourth-order valence-corrected chi connectivity index (χ4v) is 12.4. The van der Waals surface area contributed by atoms with Gasteiger partial charge in [-0.25, -0.2) is 0 Å². The second-order valence-corrected chi connectivity index (χ2v) is 20.7. The van der Waals surface area contributed by atoms with E-state index in [1.54, 1.807) is 0 Å². The molecule has 0 atom stereocenters. The highest BCUT2D eigenvalue weighted by atomic mass is 32.1. The van der Waals surface area contributed by atoms with Crippen molar-refractivity contribution in [3.05, 3.63) is 162 Å². The molecule has 3 aliphatic heterocycles. The van der Waals surface area contributed by atoms with E-state index in [-0.39, 0.29) is 12.1 Å². The van der Waals surface area contributed by atoms with Gasteiger partial charge in [0.25, 0.3) is 6.71 Å². The van der Waals surface area contributed by atoms with Crippen molar-refractivity contribution in [3.8, 4) is 32.4 Å². The summed E-state index contributed by atoms with van der Waals surface area (Å²) in [5.74, 6) is 1.64. The van der Waals surface area contributed by atoms with Crippen molar-refractivity contribution in [2.75, 3.05) is 23.0 Å². The molecule has 0 unspecified atom stereocenters. The monoisotopic (exact) mass is 854 g/mol. The maximum atomic E-state index is 6.83. The minimum Gasteiger partial charge on any atom is -0.489 e. The molecule has 9 aromatic rings. The van der Waals surface area contributed by atoms with E-state index in [4.69, 9.17) is 9.47 Å². The van der Waals surface area contributed by atoms with Gasteiger partial charge in [-0.3, -0.25) is 0 Å². The van der Waals surface area contributed by atoms with Gasteiger partial charge in [-0.2, -0.15) is 0 Å². The molecule has 0 bridgehead atoms. The van der Waals surface area contributed by atoms with Crippen molar-refractivity contribution in [2.24, 2.45) is 0 Å². The number of rotatable bonds is 4. The van der Waals surface area contributed by atoms with E-state index in [9.17, 15) is 0 Å². The van der Waals surface area contributed by atoms with Crippen molar-refractivity contribution in [3.63, 3.8) is 0 Å². The second-order valence-electron chi connectivity index (χ2n) is 18.5. The fourth-order valence-electron chi connectivity index (χ4n) is 10.3. The van der Waals surface area contributed by atoms with Crippen molar-refractivity contribution in [2.45, 2.75) is 53.4 Å². The molecule has 0 aliphatic carbocycles. The van der Waals surface area contributed by atoms with E-state index in [1.165, 1.54) is 102 Å². The third kappa shape index (κ3) is 6.15. The zero-order valence-electron chi connectivity index (χ0n) is 36.5. The molecular weight excluding hydrogens is 808 g/mol. The molecule has 2 aromatic heterocycles. The zero-order chi connectivity index (χ0) is 42.7. The summed E-state index contributed by atoms with van der Waals surface area (Å²) in [6.07, 6.45) is 0.837. The van der Waals surface area contributed by atoms with Gasteiger partial charge in [0.1, 0.15) is 0 Å². The second kappa shape index (κ2) is 14.4. The summed E-state index contributed by atoms with van der Waals surface area (Å²) >= 11 is 3.72. The Morgan fingerprint density at radius 2 is 1.19 bits per heavy atom. The average molecular weight is 855 g/mol. The predicted octanol–water partition coefficient (Wildman–Crippen LogP) is 13.9. The summed E-state index contributed by atoms with van der Waals surface area (Å²) in [6, 6.07) is 52.6. The van der Waals surface area contributed by atoms with Gasteiger partial charge >= 0.3 is 0 Å². The largest absolute Gasteiger partial charge is 0.489 e. The Bertz CT molecular complexity index is 3250. The summed E-state index contributed by atoms with van der Waals surface area (Å²) in [5.41, 5.74) is 18.3. The maximum absolute atomic E-state index is 6.83. The number of thiophene rings is 2. The highest BCUT2D eigenvalue weighted by Gasteiger charge is 2.46. The third-order valence-electron chi connectivity index (χ3n) is 13.2. The summed E-state index contributed by atoms with van der Waals surface area (Å²) in [7, 11) is 0. The molecule has 0 saturated carbocycles. The summed E-state index contributed by atoms with van der Waals surface area (Å²) in [4.78, 5) is 7.63. The Hall–Kier alpha value is -6.28. The van der Waals surface area contributed by atoms with Crippen LogP contribution in [0, 0.1) is 20.8 Å². The van der Waals surface area contributed by atoms with E-state index in [2.05, 4.69) is 191 Å². The lowest BCUT2D eigenvalue weighted by atomic mass is 9.33. The van der Waals surface area contributed by atoms with Crippen LogP contribution in [0.25, 0.3) is 41.1 Å². The van der Waals surface area contributed by atoms with E-state index in [0.717, 1.165) is 29.3 Å². The van der Waals surface area contributed by atoms with Gasteiger partial charge in [0.15, 0.2) is 11.5 Å². The van der Waals surface area contributed by atoms with Crippen LogP contribution in [0.3, 0.4) is 0 Å². The smallest absolute Gasteiger partial charge is 0.252 e. The van der Waals surface area contributed by atoms with Crippen LogP contribution < -0.4 is 35.7 Å². The molecule has 63 heavy (non-hydrogen) atoms. The maximum Gasteiger partial charge on any atom is 0.252 e. The van der Waals surface area contributed by atoms with E-state index in [1.807, 2.05) is 22.7 Å². The molecule has 0 radical (unpaired) electrons. The first-order chi connectivity index (χ1) is 30.6. The molecule has 12 rings (SSSR count). The molecule has 0 N–H and O–H groups in total. The van der Waals surface area contributed by atoms with Crippen molar-refractivity contribution in [1.82, 2.24) is 0 Å². The van der Waals surface area contributed by atoms with E-state index in [0.29, 0.717) is 13.2 Å². The quantitative estimate of drug-likeness (QED) is 0.165. The van der Waals surface area contributed by atoms with Gasteiger partial charge in [-0.05, 0) is 147 Å². The van der Waals surface area contributed by atoms with Gasteiger partial charge in [0.2, 0.25) is 0 Å². The number of hydrogen-bond acceptors (Lipinski definition) is 6. The topological polar surface area (TPSA) is 24.9 Å². The van der Waals surface area contributed by atoms with Gasteiger partial charge in [0.05, 0.1) is 24.6 Å². The minimum absolute atomic E-state index is 0.0127. The number of benzene rings is 7. The third-order valence-corrected chi connectivity index (χ3v) is 15.5. The molecule has 7 aromatic carbocycles. The van der Waals surface area contributed by atoms with Crippen LogP contribution in [0.1, 0.15) is 49.4 Å². The summed E-state index contributed by atoms with van der Waals surface area (Å²) < 4.78 is 15.9. The fraction of sp³-hybridized carbons (Fsp3) is 0.179. The van der Waals surface area contributed by atoms with Crippen molar-refractivity contribution < 1.29 is 9.47 Å². The van der Waals surface area contributed by atoms with Crippen LogP contribution in [-0.2, 0) is 5.41 Å². The Morgan fingerprint density at radius 1 is 0.556 bits per heavy atom.